The van der Waals surface area contributed by atoms with E-state index in [1.54, 1.807) is 0 Å². The van der Waals surface area contributed by atoms with Crippen LogP contribution in [0, 0.1) is 0 Å². The number of nitrogens with two attached hydrogens (primary N) is 1. The van der Waals surface area contributed by atoms with Crippen molar-refractivity contribution in [3.8, 4) is 0 Å². The third-order valence-corrected chi connectivity index (χ3v) is 2.55. The molecule has 0 bridgehead atoms. The van der Waals surface area contributed by atoms with Crippen LogP contribution >= 0.6 is 0 Å². The predicted molar refractivity (Wildman–Crippen MR) is 66.1 cm³/mol. The number of benzene rings is 2. The zero-order valence-electron chi connectivity index (χ0n) is 8.90. The largest absolute Gasteiger partial charge is 0.381 e. The van der Waals surface area contributed by atoms with Crippen molar-refractivity contribution in [1.82, 2.24) is 0 Å². The molecule has 1 atom stereocenters. The average molecular weight is 200 g/mol. The molecular formula is C13H16N2. The Labute approximate surface area is 90.1 Å². The smallest absolute Gasteiger partial charge is 0.0422 e. The van der Waals surface area contributed by atoms with Crippen molar-refractivity contribution in [3.63, 3.8) is 0 Å². The molecule has 2 nitrogen and oxygen atoms in total. The van der Waals surface area contributed by atoms with Crippen LogP contribution in [0.1, 0.15) is 6.92 Å². The number of hydrogen-bond donors (Lipinski definition) is 2. The Kier molecular flexibility index (Phi) is 2.88. The Hall–Kier alpha value is -1.54. The standard InChI is InChI=1S/C13H16N2/c1-10(9-14)15-13-8-4-6-11-5-2-3-7-12(11)13/h2-8,10,15H,9,14H2,1H3. The summed E-state index contributed by atoms with van der Waals surface area (Å²) in [5.41, 5.74) is 6.76. The van der Waals surface area contributed by atoms with Crippen molar-refractivity contribution < 1.29 is 0 Å². The van der Waals surface area contributed by atoms with Crippen LogP contribution in [0.5, 0.6) is 0 Å². The lowest BCUT2D eigenvalue weighted by molar-refractivity contribution is 0.805. The maximum absolute atomic E-state index is 5.60. The molecule has 0 saturated carbocycles. The van der Waals surface area contributed by atoms with Crippen LogP contribution in [0.2, 0.25) is 0 Å². The minimum atomic E-state index is 0.302. The summed E-state index contributed by atoms with van der Waals surface area (Å²) in [6.45, 7) is 2.73. The highest BCUT2D eigenvalue weighted by atomic mass is 14.9. The van der Waals surface area contributed by atoms with Gasteiger partial charge in [-0.25, -0.2) is 0 Å². The quantitative estimate of drug-likeness (QED) is 0.799. The number of fused-ring (bicyclic) bond motifs is 1. The van der Waals surface area contributed by atoms with Crippen molar-refractivity contribution in [2.45, 2.75) is 13.0 Å². The number of anilines is 1. The molecule has 0 aromatic heterocycles. The molecule has 0 spiro atoms. The molecular weight excluding hydrogens is 184 g/mol. The lowest BCUT2D eigenvalue weighted by atomic mass is 10.1. The SMILES string of the molecule is CC(CN)Nc1cccc2ccccc12. The summed E-state index contributed by atoms with van der Waals surface area (Å²) in [4.78, 5) is 0. The first-order chi connectivity index (χ1) is 7.31. The highest BCUT2D eigenvalue weighted by molar-refractivity contribution is 5.93. The molecule has 1 unspecified atom stereocenters. The van der Waals surface area contributed by atoms with E-state index in [4.69, 9.17) is 5.73 Å². The summed E-state index contributed by atoms with van der Waals surface area (Å²) >= 11 is 0. The molecule has 0 aliphatic carbocycles. The summed E-state index contributed by atoms with van der Waals surface area (Å²) < 4.78 is 0. The van der Waals surface area contributed by atoms with E-state index in [1.165, 1.54) is 10.8 Å². The molecule has 0 fully saturated rings. The van der Waals surface area contributed by atoms with E-state index in [-0.39, 0.29) is 0 Å². The highest BCUT2D eigenvalue weighted by Crippen LogP contribution is 2.23. The molecule has 2 rings (SSSR count). The van der Waals surface area contributed by atoms with Crippen molar-refractivity contribution >= 4 is 16.5 Å². The van der Waals surface area contributed by atoms with Crippen molar-refractivity contribution in [1.29, 1.82) is 0 Å². The summed E-state index contributed by atoms with van der Waals surface area (Å²) in [7, 11) is 0. The molecule has 2 heteroatoms. The lowest BCUT2D eigenvalue weighted by Crippen LogP contribution is -2.25. The Morgan fingerprint density at radius 2 is 1.87 bits per heavy atom. The van der Waals surface area contributed by atoms with Gasteiger partial charge < -0.3 is 11.1 Å². The second-order valence-electron chi connectivity index (χ2n) is 3.81. The Morgan fingerprint density at radius 1 is 1.13 bits per heavy atom. The molecule has 15 heavy (non-hydrogen) atoms. The average Bonchev–Trinajstić information content (AvgIpc) is 2.29. The first kappa shape index (κ1) is 9.99. The van der Waals surface area contributed by atoms with Gasteiger partial charge in [0, 0.05) is 23.7 Å². The van der Waals surface area contributed by atoms with E-state index >= 15 is 0 Å². The van der Waals surface area contributed by atoms with Crippen molar-refractivity contribution in [2.24, 2.45) is 5.73 Å². The summed E-state index contributed by atoms with van der Waals surface area (Å²) in [6, 6.07) is 14.9. The van der Waals surface area contributed by atoms with Gasteiger partial charge in [-0.1, -0.05) is 36.4 Å². The molecule has 0 heterocycles. The molecule has 2 aromatic carbocycles. The summed E-state index contributed by atoms with van der Waals surface area (Å²) in [5, 5.41) is 5.92. The third kappa shape index (κ3) is 2.10. The number of nitrogens with one attached hydrogen (secondary N) is 1. The monoisotopic (exact) mass is 200 g/mol. The minimum Gasteiger partial charge on any atom is -0.381 e. The van der Waals surface area contributed by atoms with Gasteiger partial charge in [-0.05, 0) is 18.4 Å². The van der Waals surface area contributed by atoms with Crippen molar-refractivity contribution in [2.75, 3.05) is 11.9 Å². The van der Waals surface area contributed by atoms with Crippen LogP contribution in [0.25, 0.3) is 10.8 Å². The van der Waals surface area contributed by atoms with Gasteiger partial charge in [-0.15, -0.1) is 0 Å². The van der Waals surface area contributed by atoms with Gasteiger partial charge in [0.2, 0.25) is 0 Å². The zero-order valence-corrected chi connectivity index (χ0v) is 8.90. The van der Waals surface area contributed by atoms with Gasteiger partial charge in [0.1, 0.15) is 0 Å². The molecule has 0 aliphatic rings. The summed E-state index contributed by atoms with van der Waals surface area (Å²) in [6.07, 6.45) is 0. The van der Waals surface area contributed by atoms with Gasteiger partial charge in [0.15, 0.2) is 0 Å². The van der Waals surface area contributed by atoms with E-state index < -0.39 is 0 Å². The molecule has 0 amide bonds. The van der Waals surface area contributed by atoms with E-state index in [0.717, 1.165) is 5.69 Å². The van der Waals surface area contributed by atoms with Gasteiger partial charge >= 0.3 is 0 Å². The van der Waals surface area contributed by atoms with E-state index in [0.29, 0.717) is 12.6 Å². The fourth-order valence-corrected chi connectivity index (χ4v) is 1.68. The van der Waals surface area contributed by atoms with Gasteiger partial charge in [-0.3, -0.25) is 0 Å². The van der Waals surface area contributed by atoms with Crippen molar-refractivity contribution in [3.05, 3.63) is 42.5 Å². The van der Waals surface area contributed by atoms with Gasteiger partial charge in [0.25, 0.3) is 0 Å². The van der Waals surface area contributed by atoms with Crippen LogP contribution in [0.15, 0.2) is 42.5 Å². The molecule has 0 aliphatic heterocycles. The molecule has 78 valence electrons. The highest BCUT2D eigenvalue weighted by Gasteiger charge is 2.02. The van der Waals surface area contributed by atoms with Crippen LogP contribution < -0.4 is 11.1 Å². The predicted octanol–water partition coefficient (Wildman–Crippen LogP) is 2.60. The lowest BCUT2D eigenvalue weighted by Gasteiger charge is -2.14. The minimum absolute atomic E-state index is 0.302. The molecule has 3 N–H and O–H groups in total. The van der Waals surface area contributed by atoms with Crippen LogP contribution in [0.4, 0.5) is 5.69 Å². The van der Waals surface area contributed by atoms with Crippen LogP contribution in [-0.4, -0.2) is 12.6 Å². The molecule has 0 saturated heterocycles. The van der Waals surface area contributed by atoms with Crippen LogP contribution in [0.3, 0.4) is 0 Å². The van der Waals surface area contributed by atoms with E-state index in [2.05, 4.69) is 54.7 Å². The van der Waals surface area contributed by atoms with Crippen LogP contribution in [-0.2, 0) is 0 Å². The first-order valence-electron chi connectivity index (χ1n) is 5.25. The van der Waals surface area contributed by atoms with Gasteiger partial charge in [0.05, 0.1) is 0 Å². The second kappa shape index (κ2) is 4.32. The maximum atomic E-state index is 5.60. The van der Waals surface area contributed by atoms with Gasteiger partial charge in [-0.2, -0.15) is 0 Å². The maximum Gasteiger partial charge on any atom is 0.0422 e. The Bertz CT molecular complexity index is 446. The number of hydrogen-bond acceptors (Lipinski definition) is 2. The fourth-order valence-electron chi connectivity index (χ4n) is 1.68. The second-order valence-corrected chi connectivity index (χ2v) is 3.81. The molecule has 0 radical (unpaired) electrons. The first-order valence-corrected chi connectivity index (χ1v) is 5.25. The normalized spacial score (nSPS) is 12.7. The van der Waals surface area contributed by atoms with E-state index in [1.807, 2.05) is 0 Å². The summed E-state index contributed by atoms with van der Waals surface area (Å²) in [5.74, 6) is 0. The Morgan fingerprint density at radius 3 is 2.67 bits per heavy atom. The zero-order chi connectivity index (χ0) is 10.7. The van der Waals surface area contributed by atoms with E-state index in [9.17, 15) is 0 Å². The third-order valence-electron chi connectivity index (χ3n) is 2.55. The number of rotatable bonds is 3. The topological polar surface area (TPSA) is 38.0 Å². The molecule has 2 aromatic rings. The Balaban J connectivity index is 2.42. The fraction of sp³-hybridized carbons (Fsp3) is 0.231.